The average molecular weight is 493 g/mol. The number of likely N-dealkylation sites (N-methyl/N-ethyl adjacent to an activating group) is 2. The van der Waals surface area contributed by atoms with Crippen LogP contribution in [0.3, 0.4) is 0 Å². The molecule has 0 atom stereocenters. The van der Waals surface area contributed by atoms with Gasteiger partial charge in [0.05, 0.1) is 23.4 Å². The number of anilines is 2. The lowest BCUT2D eigenvalue weighted by Crippen LogP contribution is -2.29. The summed E-state index contributed by atoms with van der Waals surface area (Å²) in [5, 5.41) is 16.0. The number of nitro groups is 1. The van der Waals surface area contributed by atoms with Crippen molar-refractivity contribution >= 4 is 40.5 Å². The van der Waals surface area contributed by atoms with E-state index in [1.165, 1.54) is 13.2 Å². The van der Waals surface area contributed by atoms with Crippen molar-refractivity contribution in [2.45, 2.75) is 0 Å². The Morgan fingerprint density at radius 2 is 2.08 bits per heavy atom. The van der Waals surface area contributed by atoms with Crippen molar-refractivity contribution in [2.75, 3.05) is 58.2 Å². The largest absolute Gasteiger partial charge is 0.495 e. The van der Waals surface area contributed by atoms with Crippen LogP contribution in [-0.2, 0) is 7.05 Å². The van der Waals surface area contributed by atoms with E-state index in [0.29, 0.717) is 29.4 Å². The molecular weight excluding hydrogens is 460 g/mol. The summed E-state index contributed by atoms with van der Waals surface area (Å²) in [4.78, 5) is 28.3. The highest BCUT2D eigenvalue weighted by Gasteiger charge is 2.21. The molecule has 0 unspecified atom stereocenters. The number of nitrogens with zero attached hydrogens (tertiary/aromatic N) is 7. The Balaban J connectivity index is 1.89. The second-order valence-electron chi connectivity index (χ2n) is 8.46. The number of rotatable bonds is 12. The number of aromatic nitrogens is 2. The lowest BCUT2D eigenvalue weighted by molar-refractivity contribution is -0.384. The molecule has 3 rings (SSSR count). The zero-order valence-electron chi connectivity index (χ0n) is 21.3. The first-order valence-electron chi connectivity index (χ1n) is 11.3. The number of pyridine rings is 1. The molecule has 0 fully saturated rings. The Morgan fingerprint density at radius 1 is 1.31 bits per heavy atom. The maximum atomic E-state index is 11.8. The van der Waals surface area contributed by atoms with Gasteiger partial charge in [0.15, 0.2) is 0 Å². The van der Waals surface area contributed by atoms with Gasteiger partial charge in [-0.2, -0.15) is 0 Å². The molecule has 190 valence electrons. The van der Waals surface area contributed by atoms with Crippen molar-refractivity contribution in [3.8, 4) is 5.75 Å². The minimum absolute atomic E-state index is 0.0155. The Morgan fingerprint density at radius 3 is 2.75 bits per heavy atom. The van der Waals surface area contributed by atoms with Gasteiger partial charge in [0.2, 0.25) is 0 Å². The highest BCUT2D eigenvalue weighted by molar-refractivity contribution is 6.09. The Kier molecular flexibility index (Phi) is 8.74. The summed E-state index contributed by atoms with van der Waals surface area (Å²) in [5.41, 5.74) is 3.26. The van der Waals surface area contributed by atoms with Gasteiger partial charge in [0.25, 0.3) is 5.69 Å². The number of hydrogen-bond acceptors (Lipinski definition) is 9. The second-order valence-corrected chi connectivity index (χ2v) is 8.46. The number of allylic oxidation sites excluding steroid dienone is 1. The van der Waals surface area contributed by atoms with Crippen LogP contribution in [-0.4, -0.2) is 79.8 Å². The summed E-state index contributed by atoms with van der Waals surface area (Å²) in [6.45, 7) is 5.01. The number of aliphatic imine (C=N–C) groups is 2. The molecule has 0 amide bonds. The van der Waals surface area contributed by atoms with Gasteiger partial charge >= 0.3 is 0 Å². The summed E-state index contributed by atoms with van der Waals surface area (Å²) in [5.74, 6) is 0.486. The van der Waals surface area contributed by atoms with Crippen molar-refractivity contribution in [2.24, 2.45) is 17.0 Å². The predicted molar refractivity (Wildman–Crippen MR) is 146 cm³/mol. The first kappa shape index (κ1) is 26.4. The molecular formula is C25H32N8O3. The average Bonchev–Trinajstić information content (AvgIpc) is 3.23. The van der Waals surface area contributed by atoms with Crippen LogP contribution in [0.5, 0.6) is 5.75 Å². The van der Waals surface area contributed by atoms with Crippen molar-refractivity contribution < 1.29 is 9.66 Å². The van der Waals surface area contributed by atoms with Crippen molar-refractivity contribution in [1.82, 2.24) is 14.5 Å². The van der Waals surface area contributed by atoms with Crippen LogP contribution in [0, 0.1) is 10.1 Å². The van der Waals surface area contributed by atoms with E-state index in [2.05, 4.69) is 27.0 Å². The first-order valence-corrected chi connectivity index (χ1v) is 11.3. The number of hydrogen-bond donors (Lipinski definition) is 1. The molecule has 0 saturated carbocycles. The van der Waals surface area contributed by atoms with Crippen LogP contribution < -0.4 is 15.0 Å². The van der Waals surface area contributed by atoms with Gasteiger partial charge in [-0.05, 0) is 39.0 Å². The van der Waals surface area contributed by atoms with E-state index >= 15 is 0 Å². The minimum Gasteiger partial charge on any atom is -0.495 e. The number of nitrogens with one attached hydrogen (secondary N) is 1. The Labute approximate surface area is 210 Å². The molecule has 3 aromatic rings. The van der Waals surface area contributed by atoms with Gasteiger partial charge in [-0.1, -0.05) is 0 Å². The summed E-state index contributed by atoms with van der Waals surface area (Å²) in [6, 6.07) is 7.14. The van der Waals surface area contributed by atoms with E-state index in [0.717, 1.165) is 23.1 Å². The summed E-state index contributed by atoms with van der Waals surface area (Å²) in [7, 11) is 9.21. The molecule has 0 aliphatic carbocycles. The van der Waals surface area contributed by atoms with E-state index in [4.69, 9.17) is 4.74 Å². The van der Waals surface area contributed by atoms with E-state index in [1.807, 2.05) is 60.9 Å². The second kappa shape index (κ2) is 11.9. The monoisotopic (exact) mass is 492 g/mol. The number of ether oxygens (including phenoxy) is 1. The zero-order chi connectivity index (χ0) is 26.2. The lowest BCUT2D eigenvalue weighted by Gasteiger charge is -2.22. The maximum absolute atomic E-state index is 11.8. The molecule has 0 bridgehead atoms. The number of fused-ring (bicyclic) bond motifs is 1. The molecule has 2 aromatic heterocycles. The van der Waals surface area contributed by atoms with E-state index in [1.54, 1.807) is 24.5 Å². The third-order valence-electron chi connectivity index (χ3n) is 5.65. The van der Waals surface area contributed by atoms with Crippen molar-refractivity contribution in [3.05, 3.63) is 64.6 Å². The van der Waals surface area contributed by atoms with Crippen LogP contribution in [0.1, 0.15) is 5.56 Å². The van der Waals surface area contributed by atoms with Crippen molar-refractivity contribution in [1.29, 1.82) is 0 Å². The van der Waals surface area contributed by atoms with Gasteiger partial charge in [-0.3, -0.25) is 20.1 Å². The van der Waals surface area contributed by atoms with E-state index < -0.39 is 0 Å². The quantitative estimate of drug-likeness (QED) is 0.234. The summed E-state index contributed by atoms with van der Waals surface area (Å²) in [6.07, 6.45) is 6.99. The molecule has 1 N–H and O–H groups in total. The molecule has 0 radical (unpaired) electrons. The Hall–Kier alpha value is -4.25. The van der Waals surface area contributed by atoms with Crippen molar-refractivity contribution in [3.63, 3.8) is 0 Å². The molecule has 11 heteroatoms. The van der Waals surface area contributed by atoms with Gasteiger partial charge in [0, 0.05) is 68.9 Å². The van der Waals surface area contributed by atoms with Gasteiger partial charge in [-0.25, -0.2) is 4.98 Å². The smallest absolute Gasteiger partial charge is 0.294 e. The van der Waals surface area contributed by atoms with Crippen LogP contribution in [0.15, 0.2) is 58.9 Å². The van der Waals surface area contributed by atoms with Crippen LogP contribution in [0.25, 0.3) is 11.0 Å². The molecule has 0 saturated heterocycles. The molecule has 0 spiro atoms. The number of nitro benzene ring substituents is 1. The van der Waals surface area contributed by atoms with Crippen LogP contribution >= 0.6 is 0 Å². The van der Waals surface area contributed by atoms with E-state index in [9.17, 15) is 10.1 Å². The maximum Gasteiger partial charge on any atom is 0.294 e. The molecule has 2 heterocycles. The lowest BCUT2D eigenvalue weighted by atomic mass is 10.1. The Bertz CT molecular complexity index is 1300. The fraction of sp³-hybridized carbons (Fsp3) is 0.320. The predicted octanol–water partition coefficient (Wildman–Crippen LogP) is 3.56. The van der Waals surface area contributed by atoms with Gasteiger partial charge < -0.3 is 24.4 Å². The normalized spacial score (nSPS) is 11.9. The molecule has 36 heavy (non-hydrogen) atoms. The van der Waals surface area contributed by atoms with Gasteiger partial charge in [-0.15, -0.1) is 0 Å². The molecule has 11 nitrogen and oxygen atoms in total. The SMILES string of the molecule is C=N/C=C\C(=N/CNc1cc([N+](=O)[O-])c(N(C)CCN(C)C)cc1OC)c1cnc2c(ccn2C)c1. The first-order chi connectivity index (χ1) is 17.2. The van der Waals surface area contributed by atoms with E-state index in [-0.39, 0.29) is 17.3 Å². The third-order valence-corrected chi connectivity index (χ3v) is 5.65. The number of methoxy groups -OCH3 is 1. The van der Waals surface area contributed by atoms with Crippen LogP contribution in [0.4, 0.5) is 17.1 Å². The standard InChI is InChI=1S/C25H32N8O3/c1-26-9-7-20(19-13-18-8-10-32(5)25(18)27-16-19)28-17-29-21-14-23(33(34)35)22(15-24(21)36-6)31(4)12-11-30(2)3/h7-10,13-16,29H,1,11-12,17H2,2-6H3/b9-7-,28-20+. The highest BCUT2D eigenvalue weighted by atomic mass is 16.6. The topological polar surface area (TPSA) is 113 Å². The highest BCUT2D eigenvalue weighted by Crippen LogP contribution is 2.37. The number of benzene rings is 1. The molecule has 0 aliphatic heterocycles. The fourth-order valence-electron chi connectivity index (χ4n) is 3.66. The third kappa shape index (κ3) is 6.25. The molecule has 1 aromatic carbocycles. The van der Waals surface area contributed by atoms with Gasteiger partial charge in [0.1, 0.15) is 23.8 Å². The van der Waals surface area contributed by atoms with Crippen LogP contribution in [0.2, 0.25) is 0 Å². The fourth-order valence-corrected chi connectivity index (χ4v) is 3.66. The minimum atomic E-state index is -0.389. The molecule has 0 aliphatic rings. The summed E-state index contributed by atoms with van der Waals surface area (Å²) >= 11 is 0. The number of aryl methyl sites for hydroxylation is 1. The summed E-state index contributed by atoms with van der Waals surface area (Å²) < 4.78 is 7.48. The zero-order valence-corrected chi connectivity index (χ0v) is 21.3.